The number of amides is 2. The van der Waals surface area contributed by atoms with Crippen molar-refractivity contribution < 1.29 is 9.90 Å². The van der Waals surface area contributed by atoms with E-state index in [9.17, 15) is 9.90 Å². The van der Waals surface area contributed by atoms with Crippen molar-refractivity contribution in [2.75, 3.05) is 18.5 Å². The molecule has 2 amide bonds. The minimum absolute atomic E-state index is 0.0137. The number of nitrogens with one attached hydrogen (secondary N) is 1. The molecule has 134 valence electrons. The molecule has 0 aromatic carbocycles. The third kappa shape index (κ3) is 3.66. The number of hydrogen-bond acceptors (Lipinski definition) is 4. The lowest BCUT2D eigenvalue weighted by Gasteiger charge is -2.23. The van der Waals surface area contributed by atoms with Gasteiger partial charge in [-0.25, -0.2) is 9.78 Å². The molecule has 1 fully saturated rings. The van der Waals surface area contributed by atoms with Crippen molar-refractivity contribution in [3.05, 3.63) is 36.2 Å². The number of carbonyl (C=O) groups excluding carboxylic acids is 1. The van der Waals surface area contributed by atoms with Crippen molar-refractivity contribution in [2.45, 2.75) is 45.1 Å². The summed E-state index contributed by atoms with van der Waals surface area (Å²) in [7, 11) is 0. The van der Waals surface area contributed by atoms with Gasteiger partial charge in [0.05, 0.1) is 18.3 Å². The van der Waals surface area contributed by atoms with Gasteiger partial charge in [0.1, 0.15) is 5.82 Å². The minimum Gasteiger partial charge on any atom is -0.394 e. The molecule has 1 atom stereocenters. The van der Waals surface area contributed by atoms with Crippen LogP contribution in [0.1, 0.15) is 39.3 Å². The van der Waals surface area contributed by atoms with Gasteiger partial charge < -0.3 is 10.0 Å². The fourth-order valence-electron chi connectivity index (χ4n) is 2.96. The topological polar surface area (TPSA) is 83.3 Å². The molecule has 7 nitrogen and oxygen atoms in total. The highest BCUT2D eigenvalue weighted by Crippen LogP contribution is 2.26. The van der Waals surface area contributed by atoms with Crippen LogP contribution in [0.2, 0.25) is 0 Å². The summed E-state index contributed by atoms with van der Waals surface area (Å²) >= 11 is 0. The number of carbonyl (C=O) groups is 1. The number of aromatic nitrogens is 3. The monoisotopic (exact) mass is 343 g/mol. The van der Waals surface area contributed by atoms with Crippen LogP contribution >= 0.6 is 0 Å². The van der Waals surface area contributed by atoms with Gasteiger partial charge in [0, 0.05) is 24.2 Å². The summed E-state index contributed by atoms with van der Waals surface area (Å²) in [5, 5.41) is 17.0. The van der Waals surface area contributed by atoms with Crippen LogP contribution in [0, 0.1) is 0 Å². The van der Waals surface area contributed by atoms with Crippen molar-refractivity contribution in [3.63, 3.8) is 0 Å². The minimum atomic E-state index is -0.214. The first-order valence-electron chi connectivity index (χ1n) is 8.60. The number of hydrogen-bond donors (Lipinski definition) is 2. The van der Waals surface area contributed by atoms with Gasteiger partial charge >= 0.3 is 6.03 Å². The maximum absolute atomic E-state index is 12.7. The van der Waals surface area contributed by atoms with E-state index >= 15 is 0 Å². The average molecular weight is 343 g/mol. The number of likely N-dealkylation sites (tertiary alicyclic amines) is 1. The molecule has 25 heavy (non-hydrogen) atoms. The SMILES string of the molecule is CC(C)(C)c1cc(NC(=O)N2CCC[C@H]2CO)n(-c2ccccn2)n1. The van der Waals surface area contributed by atoms with Crippen LogP contribution in [-0.2, 0) is 5.41 Å². The first kappa shape index (κ1) is 17.4. The zero-order chi connectivity index (χ0) is 18.0. The number of anilines is 1. The summed E-state index contributed by atoms with van der Waals surface area (Å²) in [6.45, 7) is 6.87. The summed E-state index contributed by atoms with van der Waals surface area (Å²) < 4.78 is 1.66. The second kappa shape index (κ2) is 6.84. The van der Waals surface area contributed by atoms with Crippen LogP contribution < -0.4 is 5.32 Å². The van der Waals surface area contributed by atoms with E-state index in [1.807, 2.05) is 24.3 Å². The lowest BCUT2D eigenvalue weighted by Crippen LogP contribution is -2.40. The second-order valence-corrected chi connectivity index (χ2v) is 7.37. The summed E-state index contributed by atoms with van der Waals surface area (Å²) in [5.41, 5.74) is 0.717. The maximum Gasteiger partial charge on any atom is 0.323 e. The van der Waals surface area contributed by atoms with Gasteiger partial charge in [-0.3, -0.25) is 5.32 Å². The lowest BCUT2D eigenvalue weighted by molar-refractivity contribution is 0.166. The third-order valence-corrected chi connectivity index (χ3v) is 4.43. The van der Waals surface area contributed by atoms with Crippen LogP contribution in [0.25, 0.3) is 5.82 Å². The van der Waals surface area contributed by atoms with Gasteiger partial charge in [-0.2, -0.15) is 9.78 Å². The Balaban J connectivity index is 1.92. The standard InChI is InChI=1S/C18H25N5O2/c1-18(2,3)14-11-16(23(21-14)15-8-4-5-9-19-15)20-17(25)22-10-6-7-13(22)12-24/h4-5,8-9,11,13,24H,6-7,10,12H2,1-3H3,(H,20,25)/t13-/m0/s1. The van der Waals surface area contributed by atoms with Gasteiger partial charge in [-0.05, 0) is 25.0 Å². The Hall–Kier alpha value is -2.41. The number of pyridine rings is 1. The third-order valence-electron chi connectivity index (χ3n) is 4.43. The summed E-state index contributed by atoms with van der Waals surface area (Å²) in [4.78, 5) is 18.7. The van der Waals surface area contributed by atoms with E-state index in [-0.39, 0.29) is 24.1 Å². The predicted octanol–water partition coefficient (Wildman–Crippen LogP) is 2.55. The van der Waals surface area contributed by atoms with E-state index in [0.29, 0.717) is 18.2 Å². The molecule has 0 aliphatic carbocycles. The van der Waals surface area contributed by atoms with Crippen LogP contribution in [0.3, 0.4) is 0 Å². The van der Waals surface area contributed by atoms with Gasteiger partial charge in [0.15, 0.2) is 5.82 Å². The molecule has 0 spiro atoms. The van der Waals surface area contributed by atoms with Gasteiger partial charge in [-0.15, -0.1) is 0 Å². The van der Waals surface area contributed by atoms with Crippen molar-refractivity contribution in [2.24, 2.45) is 0 Å². The lowest BCUT2D eigenvalue weighted by atomic mass is 9.92. The summed E-state index contributed by atoms with van der Waals surface area (Å²) in [6, 6.07) is 7.13. The second-order valence-electron chi connectivity index (χ2n) is 7.37. The van der Waals surface area contributed by atoms with Gasteiger partial charge in [0.25, 0.3) is 0 Å². The molecule has 1 aliphatic heterocycles. The van der Waals surface area contributed by atoms with Gasteiger partial charge in [-0.1, -0.05) is 26.8 Å². The van der Waals surface area contributed by atoms with E-state index in [0.717, 1.165) is 18.5 Å². The highest BCUT2D eigenvalue weighted by molar-refractivity contribution is 5.89. The molecule has 1 aliphatic rings. The molecule has 0 bridgehead atoms. The van der Waals surface area contributed by atoms with Gasteiger partial charge in [0.2, 0.25) is 0 Å². The molecule has 1 saturated heterocycles. The van der Waals surface area contributed by atoms with Crippen molar-refractivity contribution in [3.8, 4) is 5.82 Å². The van der Waals surface area contributed by atoms with E-state index < -0.39 is 0 Å². The molecule has 2 aromatic rings. The first-order valence-corrected chi connectivity index (χ1v) is 8.60. The van der Waals surface area contributed by atoms with Crippen LogP contribution in [0.4, 0.5) is 10.6 Å². The fourth-order valence-corrected chi connectivity index (χ4v) is 2.96. The molecule has 2 N–H and O–H groups in total. The number of aliphatic hydroxyl groups is 1. The molecule has 3 heterocycles. The van der Waals surface area contributed by atoms with Crippen molar-refractivity contribution in [1.29, 1.82) is 0 Å². The highest BCUT2D eigenvalue weighted by atomic mass is 16.3. The normalized spacial score (nSPS) is 17.8. The van der Waals surface area contributed by atoms with Crippen LogP contribution in [0.15, 0.2) is 30.5 Å². The summed E-state index contributed by atoms with van der Waals surface area (Å²) in [5.74, 6) is 1.23. The zero-order valence-corrected chi connectivity index (χ0v) is 14.9. The largest absolute Gasteiger partial charge is 0.394 e. The molecular weight excluding hydrogens is 318 g/mol. The fraction of sp³-hybridized carbons (Fsp3) is 0.500. The van der Waals surface area contributed by atoms with Crippen molar-refractivity contribution in [1.82, 2.24) is 19.7 Å². The molecule has 2 aromatic heterocycles. The maximum atomic E-state index is 12.7. The van der Waals surface area contributed by atoms with E-state index in [4.69, 9.17) is 0 Å². The Morgan fingerprint density at radius 1 is 1.40 bits per heavy atom. The van der Waals surface area contributed by atoms with Crippen LogP contribution in [0.5, 0.6) is 0 Å². The Kier molecular flexibility index (Phi) is 4.76. The predicted molar refractivity (Wildman–Crippen MR) is 95.9 cm³/mol. The van der Waals surface area contributed by atoms with E-state index in [1.54, 1.807) is 15.8 Å². The molecule has 3 rings (SSSR count). The van der Waals surface area contributed by atoms with E-state index in [2.05, 4.69) is 36.2 Å². The van der Waals surface area contributed by atoms with Crippen molar-refractivity contribution >= 4 is 11.8 Å². The molecule has 0 unspecified atom stereocenters. The highest BCUT2D eigenvalue weighted by Gasteiger charge is 2.29. The molecular formula is C18H25N5O2. The Morgan fingerprint density at radius 2 is 2.20 bits per heavy atom. The summed E-state index contributed by atoms with van der Waals surface area (Å²) in [6.07, 6.45) is 3.43. The molecule has 0 radical (unpaired) electrons. The van der Waals surface area contributed by atoms with E-state index in [1.165, 1.54) is 0 Å². The zero-order valence-electron chi connectivity index (χ0n) is 14.9. The number of rotatable bonds is 3. The number of urea groups is 1. The smallest absolute Gasteiger partial charge is 0.323 e. The Morgan fingerprint density at radius 3 is 2.84 bits per heavy atom. The molecule has 7 heteroatoms. The Bertz CT molecular complexity index is 736. The average Bonchev–Trinajstić information content (AvgIpc) is 3.21. The number of nitrogens with zero attached hydrogens (tertiary/aromatic N) is 4. The molecule has 0 saturated carbocycles. The first-order chi connectivity index (χ1) is 11.9. The Labute approximate surface area is 147 Å². The number of aliphatic hydroxyl groups excluding tert-OH is 1. The van der Waals surface area contributed by atoms with Crippen LogP contribution in [-0.4, -0.2) is 50.0 Å². The quantitative estimate of drug-likeness (QED) is 0.897.